The Kier molecular flexibility index (Phi) is 5.32. The van der Waals surface area contributed by atoms with Crippen LogP contribution in [0.5, 0.6) is 0 Å². The predicted molar refractivity (Wildman–Crippen MR) is 109 cm³/mol. The summed E-state index contributed by atoms with van der Waals surface area (Å²) in [6.07, 6.45) is -3.70. The topological polar surface area (TPSA) is 63.1 Å². The first-order valence-electron chi connectivity index (χ1n) is 10.2. The summed E-state index contributed by atoms with van der Waals surface area (Å²) in [6.45, 7) is 8.54. The minimum absolute atomic E-state index is 0.0332. The zero-order valence-corrected chi connectivity index (χ0v) is 18.3. The summed E-state index contributed by atoms with van der Waals surface area (Å²) in [7, 11) is 0. The van der Waals surface area contributed by atoms with Crippen LogP contribution >= 0.6 is 11.3 Å². The number of nitrogens with zero attached hydrogens (tertiary/aromatic N) is 4. The first kappa shape index (κ1) is 21.1. The maximum Gasteiger partial charge on any atom is 0.410 e. The molecule has 2 aromatic rings. The molecule has 1 saturated heterocycles. The number of thiazole rings is 1. The van der Waals surface area contributed by atoms with Crippen LogP contribution in [0.3, 0.4) is 0 Å². The lowest BCUT2D eigenvalue weighted by molar-refractivity contribution is -0.174. The van der Waals surface area contributed by atoms with Crippen molar-refractivity contribution in [3.8, 4) is 0 Å². The van der Waals surface area contributed by atoms with Crippen molar-refractivity contribution < 1.29 is 18.0 Å². The van der Waals surface area contributed by atoms with Crippen molar-refractivity contribution in [3.05, 3.63) is 27.3 Å². The van der Waals surface area contributed by atoms with Crippen molar-refractivity contribution in [1.29, 1.82) is 0 Å². The fourth-order valence-corrected chi connectivity index (χ4v) is 5.21. The number of hydrogen-bond acceptors (Lipinski definition) is 5. The SMILES string of the molecule is Cc1nc(C)c(C(=O)N2CC[C@H](c3cc4n(n3)[C@@H](C(F)(F)F)C[C@@H](C(C)C)N4)C2)s1. The Labute approximate surface area is 177 Å². The standard InChI is InChI=1S/C20H26F3N5OS/c1-10(2)14-7-16(20(21,22)23)28-17(25-14)8-15(26-28)13-5-6-27(9-13)19(29)18-11(3)24-12(4)30-18/h8,10,13-14,16,25H,5-7,9H2,1-4H3/t13-,14-,16+/m0/s1. The lowest BCUT2D eigenvalue weighted by atomic mass is 9.94. The van der Waals surface area contributed by atoms with Crippen molar-refractivity contribution in [1.82, 2.24) is 19.7 Å². The second kappa shape index (κ2) is 7.55. The van der Waals surface area contributed by atoms with Crippen LogP contribution in [-0.2, 0) is 0 Å². The van der Waals surface area contributed by atoms with E-state index in [0.29, 0.717) is 35.9 Å². The highest BCUT2D eigenvalue weighted by Crippen LogP contribution is 2.42. The average molecular weight is 442 g/mol. The molecule has 1 fully saturated rings. The molecule has 6 nitrogen and oxygen atoms in total. The number of alkyl halides is 3. The van der Waals surface area contributed by atoms with Gasteiger partial charge in [-0.3, -0.25) is 4.79 Å². The van der Waals surface area contributed by atoms with Gasteiger partial charge in [0.05, 0.1) is 16.4 Å². The third-order valence-electron chi connectivity index (χ3n) is 6.03. The normalized spacial score (nSPS) is 24.3. The summed E-state index contributed by atoms with van der Waals surface area (Å²) in [5, 5.41) is 8.42. The number of anilines is 1. The number of fused-ring (bicyclic) bond motifs is 1. The molecule has 1 N–H and O–H groups in total. The maximum absolute atomic E-state index is 13.7. The Balaban J connectivity index is 1.55. The zero-order valence-electron chi connectivity index (χ0n) is 17.5. The van der Waals surface area contributed by atoms with Gasteiger partial charge < -0.3 is 10.2 Å². The number of carbonyl (C=O) groups excluding carboxylic acids is 1. The monoisotopic (exact) mass is 441 g/mol. The van der Waals surface area contributed by atoms with E-state index < -0.39 is 12.2 Å². The molecule has 0 radical (unpaired) electrons. The number of rotatable bonds is 3. The van der Waals surface area contributed by atoms with Crippen molar-refractivity contribution in [2.45, 2.75) is 64.7 Å². The minimum atomic E-state index is -4.35. The molecule has 3 atom stereocenters. The van der Waals surface area contributed by atoms with E-state index in [1.165, 1.54) is 11.3 Å². The second-order valence-electron chi connectivity index (χ2n) is 8.57. The molecular weight excluding hydrogens is 415 g/mol. The van der Waals surface area contributed by atoms with E-state index in [1.807, 2.05) is 27.7 Å². The molecule has 2 aliphatic heterocycles. The number of aryl methyl sites for hydroxylation is 2. The van der Waals surface area contributed by atoms with E-state index >= 15 is 0 Å². The van der Waals surface area contributed by atoms with Gasteiger partial charge in [-0.25, -0.2) is 9.67 Å². The van der Waals surface area contributed by atoms with Crippen LogP contribution in [0, 0.1) is 19.8 Å². The summed E-state index contributed by atoms with van der Waals surface area (Å²) < 4.78 is 42.2. The van der Waals surface area contributed by atoms with Crippen LogP contribution in [0.1, 0.15) is 64.7 Å². The predicted octanol–water partition coefficient (Wildman–Crippen LogP) is 4.53. The first-order valence-corrected chi connectivity index (χ1v) is 11.0. The number of carbonyl (C=O) groups is 1. The summed E-state index contributed by atoms with van der Waals surface area (Å²) in [4.78, 5) is 19.6. The largest absolute Gasteiger partial charge is 0.410 e. The van der Waals surface area contributed by atoms with Gasteiger partial charge in [-0.15, -0.1) is 11.3 Å². The third kappa shape index (κ3) is 3.81. The number of hydrogen-bond donors (Lipinski definition) is 1. The molecule has 0 aromatic carbocycles. The molecule has 2 aromatic heterocycles. The van der Waals surface area contributed by atoms with Gasteiger partial charge in [0.2, 0.25) is 0 Å². The lowest BCUT2D eigenvalue weighted by Crippen LogP contribution is -2.41. The molecule has 0 bridgehead atoms. The van der Waals surface area contributed by atoms with Crippen molar-refractivity contribution in [2.75, 3.05) is 18.4 Å². The molecule has 30 heavy (non-hydrogen) atoms. The van der Waals surface area contributed by atoms with Gasteiger partial charge in [0.25, 0.3) is 5.91 Å². The Hall–Kier alpha value is -2.10. The number of likely N-dealkylation sites (tertiary alicyclic amines) is 1. The minimum Gasteiger partial charge on any atom is -0.367 e. The first-order chi connectivity index (χ1) is 14.0. The molecule has 0 saturated carbocycles. The highest BCUT2D eigenvalue weighted by molar-refractivity contribution is 7.13. The summed E-state index contributed by atoms with van der Waals surface area (Å²) >= 11 is 1.38. The second-order valence-corrected chi connectivity index (χ2v) is 9.77. The average Bonchev–Trinajstić information content (AvgIpc) is 3.36. The molecule has 4 heterocycles. The van der Waals surface area contributed by atoms with Crippen molar-refractivity contribution in [3.63, 3.8) is 0 Å². The highest BCUT2D eigenvalue weighted by atomic mass is 32.1. The lowest BCUT2D eigenvalue weighted by Gasteiger charge is -2.35. The quantitative estimate of drug-likeness (QED) is 0.760. The summed E-state index contributed by atoms with van der Waals surface area (Å²) in [5.41, 5.74) is 1.34. The Morgan fingerprint density at radius 2 is 2.07 bits per heavy atom. The van der Waals surface area contributed by atoms with Crippen LogP contribution in [0.4, 0.5) is 19.0 Å². The third-order valence-corrected chi connectivity index (χ3v) is 7.10. The van der Waals surface area contributed by atoms with Crippen molar-refractivity contribution in [2.24, 2.45) is 5.92 Å². The molecule has 1 amide bonds. The van der Waals surface area contributed by atoms with Crippen LogP contribution in [0.2, 0.25) is 0 Å². The Morgan fingerprint density at radius 3 is 2.67 bits per heavy atom. The van der Waals surface area contributed by atoms with Gasteiger partial charge in [-0.1, -0.05) is 13.8 Å². The Bertz CT molecular complexity index is 951. The number of halogens is 3. The molecule has 0 aliphatic carbocycles. The molecule has 10 heteroatoms. The van der Waals surface area contributed by atoms with Crippen LogP contribution in [-0.4, -0.2) is 50.9 Å². The van der Waals surface area contributed by atoms with Crippen molar-refractivity contribution >= 4 is 23.1 Å². The number of nitrogens with one attached hydrogen (secondary N) is 1. The van der Waals surface area contributed by atoms with Gasteiger partial charge in [0.1, 0.15) is 10.7 Å². The molecular formula is C20H26F3N5OS. The molecule has 4 rings (SSSR count). The van der Waals surface area contributed by atoms with Crippen LogP contribution < -0.4 is 5.32 Å². The van der Waals surface area contributed by atoms with E-state index in [4.69, 9.17) is 0 Å². The van der Waals surface area contributed by atoms with E-state index in [9.17, 15) is 18.0 Å². The fourth-order valence-electron chi connectivity index (χ4n) is 4.32. The van der Waals surface area contributed by atoms with E-state index in [1.54, 1.807) is 11.0 Å². The van der Waals surface area contributed by atoms with Crippen LogP contribution in [0.15, 0.2) is 6.07 Å². The molecule has 0 unspecified atom stereocenters. The van der Waals surface area contributed by atoms with E-state index in [2.05, 4.69) is 15.4 Å². The van der Waals surface area contributed by atoms with Gasteiger partial charge in [0.15, 0.2) is 6.04 Å². The zero-order chi connectivity index (χ0) is 21.8. The number of amides is 1. The summed E-state index contributed by atoms with van der Waals surface area (Å²) in [5.74, 6) is 0.355. The van der Waals surface area contributed by atoms with Gasteiger partial charge >= 0.3 is 6.18 Å². The van der Waals surface area contributed by atoms with E-state index in [0.717, 1.165) is 15.4 Å². The van der Waals surface area contributed by atoms with Crippen LogP contribution in [0.25, 0.3) is 0 Å². The van der Waals surface area contributed by atoms with Gasteiger partial charge in [-0.05, 0) is 32.6 Å². The van der Waals surface area contributed by atoms with E-state index in [-0.39, 0.29) is 30.2 Å². The smallest absolute Gasteiger partial charge is 0.367 e. The summed E-state index contributed by atoms with van der Waals surface area (Å²) in [6, 6.07) is -0.154. The molecule has 164 valence electrons. The molecule has 0 spiro atoms. The fraction of sp³-hybridized carbons (Fsp3) is 0.650. The maximum atomic E-state index is 13.7. The van der Waals surface area contributed by atoms with Gasteiger partial charge in [-0.2, -0.15) is 18.3 Å². The van der Waals surface area contributed by atoms with Gasteiger partial charge in [0, 0.05) is 31.1 Å². The molecule has 2 aliphatic rings. The Morgan fingerprint density at radius 1 is 1.33 bits per heavy atom. The highest BCUT2D eigenvalue weighted by Gasteiger charge is 2.47. The number of aromatic nitrogens is 3.